The van der Waals surface area contributed by atoms with Crippen LogP contribution in [0.15, 0.2) is 0 Å². The van der Waals surface area contributed by atoms with Gasteiger partial charge in [-0.1, -0.05) is 13.8 Å². The highest BCUT2D eigenvalue weighted by Gasteiger charge is 2.16. The molecule has 0 atom stereocenters. The SMILES string of the molecule is CCN(CC)CCCN1CCCN(C(N)=O)CC1. The van der Waals surface area contributed by atoms with Crippen LogP contribution >= 0.6 is 0 Å². The normalized spacial score (nSPS) is 18.1. The lowest BCUT2D eigenvalue weighted by Crippen LogP contribution is -2.39. The Morgan fingerprint density at radius 3 is 2.50 bits per heavy atom. The van der Waals surface area contributed by atoms with Crippen molar-refractivity contribution < 1.29 is 4.79 Å². The van der Waals surface area contributed by atoms with Crippen molar-refractivity contribution in [1.82, 2.24) is 14.7 Å². The highest BCUT2D eigenvalue weighted by molar-refractivity contribution is 5.71. The van der Waals surface area contributed by atoms with Gasteiger partial charge in [-0.15, -0.1) is 0 Å². The van der Waals surface area contributed by atoms with E-state index in [-0.39, 0.29) is 6.03 Å². The molecule has 2 N–H and O–H groups in total. The number of hydrogen-bond acceptors (Lipinski definition) is 3. The first-order chi connectivity index (χ1) is 8.67. The number of hydrogen-bond donors (Lipinski definition) is 1. The summed E-state index contributed by atoms with van der Waals surface area (Å²) in [6, 6.07) is -0.278. The van der Waals surface area contributed by atoms with Gasteiger partial charge in [-0.3, -0.25) is 0 Å². The van der Waals surface area contributed by atoms with Gasteiger partial charge in [0.2, 0.25) is 0 Å². The van der Waals surface area contributed by atoms with E-state index in [9.17, 15) is 4.79 Å². The fourth-order valence-electron chi connectivity index (χ4n) is 2.47. The van der Waals surface area contributed by atoms with E-state index < -0.39 is 0 Å². The van der Waals surface area contributed by atoms with E-state index in [1.807, 2.05) is 0 Å². The van der Waals surface area contributed by atoms with Crippen LogP contribution < -0.4 is 5.73 Å². The van der Waals surface area contributed by atoms with Crippen molar-refractivity contribution in [1.29, 1.82) is 0 Å². The van der Waals surface area contributed by atoms with Crippen molar-refractivity contribution in [3.05, 3.63) is 0 Å². The molecule has 0 aromatic carbocycles. The van der Waals surface area contributed by atoms with Crippen LogP contribution in [0.4, 0.5) is 4.79 Å². The first-order valence-electron chi connectivity index (χ1n) is 7.16. The molecule has 2 amide bonds. The van der Waals surface area contributed by atoms with E-state index in [0.717, 1.165) is 52.2 Å². The molecule has 1 aliphatic heterocycles. The van der Waals surface area contributed by atoms with Gasteiger partial charge in [0.1, 0.15) is 0 Å². The molecule has 1 rings (SSSR count). The maximum absolute atomic E-state index is 11.1. The molecule has 1 fully saturated rings. The van der Waals surface area contributed by atoms with Crippen molar-refractivity contribution >= 4 is 6.03 Å². The van der Waals surface area contributed by atoms with E-state index in [1.165, 1.54) is 13.0 Å². The zero-order chi connectivity index (χ0) is 13.4. The number of nitrogens with zero attached hydrogens (tertiary/aromatic N) is 3. The average molecular weight is 256 g/mol. The third-order valence-corrected chi connectivity index (χ3v) is 3.74. The topological polar surface area (TPSA) is 52.8 Å². The third-order valence-electron chi connectivity index (χ3n) is 3.74. The molecule has 1 saturated heterocycles. The summed E-state index contributed by atoms with van der Waals surface area (Å²) in [6.07, 6.45) is 2.24. The molecule has 0 bridgehead atoms. The van der Waals surface area contributed by atoms with Crippen LogP contribution in [0.3, 0.4) is 0 Å². The summed E-state index contributed by atoms with van der Waals surface area (Å²) in [7, 11) is 0. The number of primary amides is 1. The Kier molecular flexibility index (Phi) is 7.05. The standard InChI is InChI=1S/C13H28N4O/c1-3-15(4-2)7-5-8-16-9-6-10-17(12-11-16)13(14)18/h3-12H2,1-2H3,(H2,14,18). The van der Waals surface area contributed by atoms with Crippen molar-refractivity contribution in [2.24, 2.45) is 5.73 Å². The lowest BCUT2D eigenvalue weighted by molar-refractivity contribution is 0.206. The minimum Gasteiger partial charge on any atom is -0.351 e. The Balaban J connectivity index is 2.21. The molecule has 0 aliphatic carbocycles. The van der Waals surface area contributed by atoms with Crippen LogP contribution in [0, 0.1) is 0 Å². The summed E-state index contributed by atoms with van der Waals surface area (Å²) in [5.41, 5.74) is 5.32. The van der Waals surface area contributed by atoms with Crippen LogP contribution in [-0.2, 0) is 0 Å². The predicted octanol–water partition coefficient (Wildman–Crippen LogP) is 0.805. The van der Waals surface area contributed by atoms with E-state index in [4.69, 9.17) is 5.73 Å². The third kappa shape index (κ3) is 5.23. The molecule has 0 saturated carbocycles. The predicted molar refractivity (Wildman–Crippen MR) is 74.6 cm³/mol. The first kappa shape index (κ1) is 15.2. The van der Waals surface area contributed by atoms with Crippen LogP contribution in [0.1, 0.15) is 26.7 Å². The molecule has 1 heterocycles. The smallest absolute Gasteiger partial charge is 0.314 e. The number of urea groups is 1. The molecular weight excluding hydrogens is 228 g/mol. The molecule has 0 radical (unpaired) electrons. The second kappa shape index (κ2) is 8.32. The van der Waals surface area contributed by atoms with Gasteiger partial charge in [-0.05, 0) is 45.6 Å². The molecule has 0 spiro atoms. The molecule has 0 aromatic rings. The number of rotatable bonds is 6. The fraction of sp³-hybridized carbons (Fsp3) is 0.923. The summed E-state index contributed by atoms with van der Waals surface area (Å²) in [5.74, 6) is 0. The number of carbonyl (C=O) groups is 1. The molecule has 18 heavy (non-hydrogen) atoms. The molecule has 1 aliphatic rings. The van der Waals surface area contributed by atoms with Crippen molar-refractivity contribution in [3.63, 3.8) is 0 Å². The Morgan fingerprint density at radius 2 is 1.89 bits per heavy atom. The van der Waals surface area contributed by atoms with Crippen molar-refractivity contribution in [2.45, 2.75) is 26.7 Å². The zero-order valence-electron chi connectivity index (χ0n) is 11.9. The lowest BCUT2D eigenvalue weighted by Gasteiger charge is -2.23. The summed E-state index contributed by atoms with van der Waals surface area (Å²) in [4.78, 5) is 17.8. The molecule has 106 valence electrons. The van der Waals surface area contributed by atoms with Crippen LogP contribution in [0.25, 0.3) is 0 Å². The lowest BCUT2D eigenvalue weighted by atomic mass is 10.3. The number of nitrogens with two attached hydrogens (primary N) is 1. The molecule has 0 unspecified atom stereocenters. The zero-order valence-corrected chi connectivity index (χ0v) is 11.9. The van der Waals surface area contributed by atoms with E-state index in [0.29, 0.717) is 0 Å². The van der Waals surface area contributed by atoms with Gasteiger partial charge < -0.3 is 20.4 Å². The summed E-state index contributed by atoms with van der Waals surface area (Å²) >= 11 is 0. The summed E-state index contributed by atoms with van der Waals surface area (Å²) in [5, 5.41) is 0. The van der Waals surface area contributed by atoms with E-state index in [2.05, 4.69) is 23.6 Å². The van der Waals surface area contributed by atoms with Crippen LogP contribution in [0.2, 0.25) is 0 Å². The summed E-state index contributed by atoms with van der Waals surface area (Å²) in [6.45, 7) is 12.6. The maximum Gasteiger partial charge on any atom is 0.314 e. The fourth-order valence-corrected chi connectivity index (χ4v) is 2.47. The average Bonchev–Trinajstić information content (AvgIpc) is 2.60. The van der Waals surface area contributed by atoms with E-state index >= 15 is 0 Å². The monoisotopic (exact) mass is 256 g/mol. The van der Waals surface area contributed by atoms with Crippen molar-refractivity contribution in [3.8, 4) is 0 Å². The van der Waals surface area contributed by atoms with E-state index in [1.54, 1.807) is 4.90 Å². The van der Waals surface area contributed by atoms with Crippen LogP contribution in [0.5, 0.6) is 0 Å². The Hall–Kier alpha value is -0.810. The molecule has 5 heteroatoms. The Bertz CT molecular complexity index is 243. The second-order valence-electron chi connectivity index (χ2n) is 4.90. The van der Waals surface area contributed by atoms with Crippen LogP contribution in [-0.4, -0.2) is 73.1 Å². The first-order valence-corrected chi connectivity index (χ1v) is 7.16. The van der Waals surface area contributed by atoms with Gasteiger partial charge in [0.05, 0.1) is 0 Å². The van der Waals surface area contributed by atoms with Gasteiger partial charge in [0, 0.05) is 19.6 Å². The second-order valence-corrected chi connectivity index (χ2v) is 4.90. The Morgan fingerprint density at radius 1 is 1.17 bits per heavy atom. The number of amides is 2. The van der Waals surface area contributed by atoms with Gasteiger partial charge in [0.25, 0.3) is 0 Å². The number of carbonyl (C=O) groups excluding carboxylic acids is 1. The van der Waals surface area contributed by atoms with Gasteiger partial charge >= 0.3 is 6.03 Å². The Labute approximate surface area is 111 Å². The van der Waals surface area contributed by atoms with Gasteiger partial charge in [-0.25, -0.2) is 4.79 Å². The highest BCUT2D eigenvalue weighted by atomic mass is 16.2. The van der Waals surface area contributed by atoms with Crippen molar-refractivity contribution in [2.75, 3.05) is 52.4 Å². The minimum atomic E-state index is -0.278. The van der Waals surface area contributed by atoms with Gasteiger partial charge in [-0.2, -0.15) is 0 Å². The maximum atomic E-state index is 11.1. The molecule has 0 aromatic heterocycles. The largest absolute Gasteiger partial charge is 0.351 e. The molecular formula is C13H28N4O. The molecule has 5 nitrogen and oxygen atoms in total. The van der Waals surface area contributed by atoms with Gasteiger partial charge in [0.15, 0.2) is 0 Å². The summed E-state index contributed by atoms with van der Waals surface area (Å²) < 4.78 is 0. The minimum absolute atomic E-state index is 0.278. The quantitative estimate of drug-likeness (QED) is 0.765. The highest BCUT2D eigenvalue weighted by Crippen LogP contribution is 2.04.